The first kappa shape index (κ1) is 17.8. The molecular formula is C19H23ClN2O3. The van der Waals surface area contributed by atoms with Gasteiger partial charge >= 0.3 is 0 Å². The van der Waals surface area contributed by atoms with Gasteiger partial charge in [0.15, 0.2) is 0 Å². The Balaban J connectivity index is 1.70. The van der Waals surface area contributed by atoms with Crippen molar-refractivity contribution in [1.82, 2.24) is 10.2 Å². The molecular weight excluding hydrogens is 340 g/mol. The van der Waals surface area contributed by atoms with Crippen LogP contribution in [0.4, 0.5) is 0 Å². The Morgan fingerprint density at radius 2 is 2.08 bits per heavy atom. The zero-order valence-electron chi connectivity index (χ0n) is 14.5. The Kier molecular flexibility index (Phi) is 5.66. The van der Waals surface area contributed by atoms with E-state index in [-0.39, 0.29) is 11.9 Å². The molecule has 6 heteroatoms. The summed E-state index contributed by atoms with van der Waals surface area (Å²) in [6.45, 7) is 4.47. The molecule has 2 heterocycles. The van der Waals surface area contributed by atoms with Gasteiger partial charge in [0.2, 0.25) is 0 Å². The summed E-state index contributed by atoms with van der Waals surface area (Å²) in [5.41, 5.74) is 0.515. The summed E-state index contributed by atoms with van der Waals surface area (Å²) in [6, 6.07) is 9.04. The molecule has 1 amide bonds. The molecule has 0 aliphatic carbocycles. The van der Waals surface area contributed by atoms with Crippen LogP contribution in [-0.2, 0) is 0 Å². The predicted octanol–water partition coefficient (Wildman–Crippen LogP) is 3.82. The highest BCUT2D eigenvalue weighted by molar-refractivity contribution is 6.32. The summed E-state index contributed by atoms with van der Waals surface area (Å²) >= 11 is 6.11. The number of methoxy groups -OCH3 is 1. The number of nitrogens with one attached hydrogen (secondary N) is 1. The SMILES string of the molecule is COc1ccc(C(=O)NC[C@H](c2ccc(C)o2)N2CCCC2)cc1Cl. The minimum absolute atomic E-state index is 0.0499. The van der Waals surface area contributed by atoms with Crippen LogP contribution >= 0.6 is 11.6 Å². The Hall–Kier alpha value is -1.98. The average Bonchev–Trinajstić information content (AvgIpc) is 3.27. The maximum atomic E-state index is 12.5. The summed E-state index contributed by atoms with van der Waals surface area (Å²) in [7, 11) is 1.55. The Bertz CT molecular complexity index is 738. The smallest absolute Gasteiger partial charge is 0.251 e. The third-order valence-electron chi connectivity index (χ3n) is 4.54. The molecule has 1 fully saturated rings. The lowest BCUT2D eigenvalue weighted by Gasteiger charge is -2.26. The average molecular weight is 363 g/mol. The largest absolute Gasteiger partial charge is 0.495 e. The highest BCUT2D eigenvalue weighted by atomic mass is 35.5. The zero-order valence-corrected chi connectivity index (χ0v) is 15.3. The minimum Gasteiger partial charge on any atom is -0.495 e. The van der Waals surface area contributed by atoms with Gasteiger partial charge in [-0.25, -0.2) is 0 Å². The fraction of sp³-hybridized carbons (Fsp3) is 0.421. The van der Waals surface area contributed by atoms with Gasteiger partial charge in [-0.3, -0.25) is 9.69 Å². The first-order chi connectivity index (χ1) is 12.1. The molecule has 0 radical (unpaired) electrons. The van der Waals surface area contributed by atoms with Crippen molar-refractivity contribution in [2.24, 2.45) is 0 Å². The van der Waals surface area contributed by atoms with Crippen molar-refractivity contribution < 1.29 is 13.9 Å². The number of carbonyl (C=O) groups is 1. The number of likely N-dealkylation sites (tertiary alicyclic amines) is 1. The quantitative estimate of drug-likeness (QED) is 0.848. The van der Waals surface area contributed by atoms with Crippen LogP contribution in [0.5, 0.6) is 5.75 Å². The molecule has 134 valence electrons. The Labute approximate surface area is 152 Å². The van der Waals surface area contributed by atoms with Crippen LogP contribution in [0, 0.1) is 6.92 Å². The minimum atomic E-state index is -0.156. The van der Waals surface area contributed by atoms with E-state index in [1.165, 1.54) is 12.8 Å². The number of halogens is 1. The van der Waals surface area contributed by atoms with Gasteiger partial charge in [-0.15, -0.1) is 0 Å². The van der Waals surface area contributed by atoms with Crippen molar-refractivity contribution in [3.8, 4) is 5.75 Å². The van der Waals surface area contributed by atoms with Crippen LogP contribution in [0.2, 0.25) is 5.02 Å². The number of benzene rings is 1. The number of rotatable bonds is 6. The molecule has 1 N–H and O–H groups in total. The van der Waals surface area contributed by atoms with Crippen LogP contribution in [0.25, 0.3) is 0 Å². The molecule has 1 aliphatic heterocycles. The highest BCUT2D eigenvalue weighted by Crippen LogP contribution is 2.27. The van der Waals surface area contributed by atoms with Crippen LogP contribution in [0.15, 0.2) is 34.7 Å². The van der Waals surface area contributed by atoms with E-state index in [0.717, 1.165) is 24.6 Å². The van der Waals surface area contributed by atoms with Crippen molar-refractivity contribution in [1.29, 1.82) is 0 Å². The van der Waals surface area contributed by atoms with E-state index >= 15 is 0 Å². The van der Waals surface area contributed by atoms with Crippen molar-refractivity contribution in [3.05, 3.63) is 52.4 Å². The van der Waals surface area contributed by atoms with Crippen molar-refractivity contribution in [3.63, 3.8) is 0 Å². The fourth-order valence-electron chi connectivity index (χ4n) is 3.19. The number of nitrogens with zero attached hydrogens (tertiary/aromatic N) is 1. The number of hydrogen-bond donors (Lipinski definition) is 1. The number of ether oxygens (including phenoxy) is 1. The van der Waals surface area contributed by atoms with Crippen molar-refractivity contribution >= 4 is 17.5 Å². The molecule has 3 rings (SSSR count). The van der Waals surface area contributed by atoms with Gasteiger partial charge < -0.3 is 14.5 Å². The molecule has 0 saturated carbocycles. The van der Waals surface area contributed by atoms with Gasteiger partial charge in [-0.1, -0.05) is 11.6 Å². The lowest BCUT2D eigenvalue weighted by molar-refractivity contribution is 0.0933. The van der Waals surface area contributed by atoms with Gasteiger partial charge in [-0.2, -0.15) is 0 Å². The first-order valence-electron chi connectivity index (χ1n) is 8.50. The van der Waals surface area contributed by atoms with Crippen LogP contribution in [-0.4, -0.2) is 37.6 Å². The monoisotopic (exact) mass is 362 g/mol. The van der Waals surface area contributed by atoms with Crippen molar-refractivity contribution in [2.45, 2.75) is 25.8 Å². The molecule has 1 aromatic heterocycles. The van der Waals surface area contributed by atoms with E-state index in [9.17, 15) is 4.79 Å². The molecule has 5 nitrogen and oxygen atoms in total. The lowest BCUT2D eigenvalue weighted by Crippen LogP contribution is -2.36. The van der Waals surface area contributed by atoms with Crippen molar-refractivity contribution in [2.75, 3.05) is 26.7 Å². The molecule has 1 aliphatic rings. The maximum absolute atomic E-state index is 12.5. The molecule has 2 aromatic rings. The van der Waals surface area contributed by atoms with Gasteiger partial charge in [0.1, 0.15) is 17.3 Å². The number of hydrogen-bond acceptors (Lipinski definition) is 4. The Morgan fingerprint density at radius 1 is 1.32 bits per heavy atom. The zero-order chi connectivity index (χ0) is 17.8. The highest BCUT2D eigenvalue weighted by Gasteiger charge is 2.26. The van der Waals surface area contributed by atoms with E-state index in [4.69, 9.17) is 20.8 Å². The Morgan fingerprint density at radius 3 is 2.68 bits per heavy atom. The van der Waals surface area contributed by atoms with Gasteiger partial charge in [-0.05, 0) is 63.2 Å². The summed E-state index contributed by atoms with van der Waals surface area (Å²) in [5.74, 6) is 2.18. The summed E-state index contributed by atoms with van der Waals surface area (Å²) < 4.78 is 10.9. The lowest BCUT2D eigenvalue weighted by atomic mass is 10.1. The number of carbonyl (C=O) groups excluding carboxylic acids is 1. The van der Waals surface area contributed by atoms with Crippen LogP contribution in [0.1, 0.15) is 40.8 Å². The predicted molar refractivity (Wildman–Crippen MR) is 97.3 cm³/mol. The molecule has 0 unspecified atom stereocenters. The van der Waals surface area contributed by atoms with E-state index in [1.807, 2.05) is 19.1 Å². The number of amides is 1. The number of furan rings is 1. The van der Waals surface area contributed by atoms with Crippen LogP contribution < -0.4 is 10.1 Å². The molecule has 0 spiro atoms. The second-order valence-electron chi connectivity index (χ2n) is 6.27. The second kappa shape index (κ2) is 7.93. The third kappa shape index (κ3) is 4.17. The molecule has 1 aromatic carbocycles. The molecule has 0 bridgehead atoms. The van der Waals surface area contributed by atoms with Crippen LogP contribution in [0.3, 0.4) is 0 Å². The second-order valence-corrected chi connectivity index (χ2v) is 6.67. The van der Waals surface area contributed by atoms with Gasteiger partial charge in [0.05, 0.1) is 18.2 Å². The standard InChI is InChI=1S/C19H23ClN2O3/c1-13-5-7-18(25-13)16(22-9-3-4-10-22)12-21-19(23)14-6-8-17(24-2)15(20)11-14/h5-8,11,16H,3-4,9-10,12H2,1-2H3,(H,21,23)/t16-/m1/s1. The van der Waals surface area contributed by atoms with Gasteiger partial charge in [0.25, 0.3) is 5.91 Å². The molecule has 1 atom stereocenters. The fourth-order valence-corrected chi connectivity index (χ4v) is 3.45. The summed E-state index contributed by atoms with van der Waals surface area (Å²) in [4.78, 5) is 14.9. The van der Waals surface area contributed by atoms with Gasteiger partial charge in [0, 0.05) is 12.1 Å². The van der Waals surface area contributed by atoms with E-state index in [0.29, 0.717) is 22.9 Å². The molecule has 1 saturated heterocycles. The summed E-state index contributed by atoms with van der Waals surface area (Å²) in [5, 5.41) is 3.43. The van der Waals surface area contributed by atoms with E-state index in [1.54, 1.807) is 25.3 Å². The first-order valence-corrected chi connectivity index (χ1v) is 8.88. The molecule has 25 heavy (non-hydrogen) atoms. The van der Waals surface area contributed by atoms with E-state index in [2.05, 4.69) is 10.2 Å². The maximum Gasteiger partial charge on any atom is 0.251 e. The van der Waals surface area contributed by atoms with E-state index < -0.39 is 0 Å². The normalized spacial score (nSPS) is 16.0. The topological polar surface area (TPSA) is 54.7 Å². The summed E-state index contributed by atoms with van der Waals surface area (Å²) in [6.07, 6.45) is 2.36. The third-order valence-corrected chi connectivity index (χ3v) is 4.84. The number of aryl methyl sites for hydroxylation is 1.